The molecule has 1 aliphatic heterocycles. The van der Waals surface area contributed by atoms with Crippen molar-refractivity contribution >= 4 is 23.3 Å². The molecule has 3 rings (SSSR count). The summed E-state index contributed by atoms with van der Waals surface area (Å²) in [4.78, 5) is 7.21. The summed E-state index contributed by atoms with van der Waals surface area (Å²) in [5.41, 5.74) is 3.58. The molecule has 0 aliphatic carbocycles. The summed E-state index contributed by atoms with van der Waals surface area (Å²) < 4.78 is 0. The maximum atomic E-state index is 4.58. The van der Waals surface area contributed by atoms with Crippen molar-refractivity contribution < 1.29 is 0 Å². The quantitative estimate of drug-likeness (QED) is 0.934. The second-order valence-electron chi connectivity index (χ2n) is 6.10. The van der Waals surface area contributed by atoms with Crippen LogP contribution < -0.4 is 5.32 Å². The number of piperazine rings is 1. The molecular weight excluding hydrogens is 294 g/mol. The third-order valence-corrected chi connectivity index (χ3v) is 4.37. The molecule has 1 aliphatic rings. The number of aromatic nitrogens is 1. The largest absolute Gasteiger partial charge is 0.314 e. The Balaban J connectivity index is 0.00000176. The fourth-order valence-corrected chi connectivity index (χ4v) is 3.24. The van der Waals surface area contributed by atoms with E-state index in [2.05, 4.69) is 52.5 Å². The van der Waals surface area contributed by atoms with Gasteiger partial charge in [0.15, 0.2) is 0 Å². The Morgan fingerprint density at radius 2 is 2.14 bits per heavy atom. The maximum absolute atomic E-state index is 4.58. The molecule has 1 unspecified atom stereocenters. The van der Waals surface area contributed by atoms with Crippen LogP contribution in [0.5, 0.6) is 0 Å². The Bertz CT molecular complexity index is 612. The predicted octanol–water partition coefficient (Wildman–Crippen LogP) is 3.54. The highest BCUT2D eigenvalue weighted by Crippen LogP contribution is 2.18. The normalized spacial score (nSPS) is 19.1. The van der Waals surface area contributed by atoms with Crippen LogP contribution in [0.15, 0.2) is 30.3 Å². The van der Waals surface area contributed by atoms with Gasteiger partial charge in [0.2, 0.25) is 0 Å². The number of halogens is 1. The van der Waals surface area contributed by atoms with Gasteiger partial charge < -0.3 is 5.32 Å². The minimum Gasteiger partial charge on any atom is -0.314 e. The van der Waals surface area contributed by atoms with Crippen LogP contribution in [0.1, 0.15) is 31.0 Å². The molecule has 2 aromatic rings. The third-order valence-electron chi connectivity index (χ3n) is 4.37. The van der Waals surface area contributed by atoms with Gasteiger partial charge in [-0.2, -0.15) is 0 Å². The molecule has 1 aromatic heterocycles. The molecule has 1 fully saturated rings. The minimum atomic E-state index is 0. The van der Waals surface area contributed by atoms with E-state index in [0.717, 1.165) is 37.4 Å². The van der Waals surface area contributed by atoms with E-state index in [1.165, 1.54) is 23.8 Å². The van der Waals surface area contributed by atoms with Gasteiger partial charge in [-0.05, 0) is 37.1 Å². The monoisotopic (exact) mass is 319 g/mol. The van der Waals surface area contributed by atoms with Crippen molar-refractivity contribution in [2.75, 3.05) is 19.6 Å². The van der Waals surface area contributed by atoms with Crippen LogP contribution >= 0.6 is 12.4 Å². The van der Waals surface area contributed by atoms with Crippen molar-refractivity contribution in [3.05, 3.63) is 41.6 Å². The molecule has 1 saturated heterocycles. The number of nitrogens with one attached hydrogen (secondary N) is 1. The van der Waals surface area contributed by atoms with Crippen molar-refractivity contribution in [1.29, 1.82) is 0 Å². The molecule has 0 amide bonds. The van der Waals surface area contributed by atoms with Gasteiger partial charge in [0.25, 0.3) is 0 Å². The molecule has 0 radical (unpaired) electrons. The number of rotatable bonds is 4. The van der Waals surface area contributed by atoms with Crippen LogP contribution in [-0.2, 0) is 6.54 Å². The maximum Gasteiger partial charge on any atom is 0.0705 e. The standard InChI is InChI=1S/C18H25N3.ClH/c1-3-4-17-12-19-9-10-21(17)13-15-6-8-18-16(11-15)7-5-14(2)20-18;/h5-8,11,17,19H,3-4,9-10,12-13H2,1-2H3;1H. The highest BCUT2D eigenvalue weighted by Gasteiger charge is 2.21. The number of benzene rings is 1. The SMILES string of the molecule is CCCC1CNCCN1Cc1ccc2nc(C)ccc2c1.Cl. The number of hydrogen-bond donors (Lipinski definition) is 1. The highest BCUT2D eigenvalue weighted by molar-refractivity contribution is 5.85. The van der Waals surface area contributed by atoms with Crippen molar-refractivity contribution in [2.24, 2.45) is 0 Å². The second-order valence-corrected chi connectivity index (χ2v) is 6.10. The Morgan fingerprint density at radius 3 is 2.95 bits per heavy atom. The lowest BCUT2D eigenvalue weighted by molar-refractivity contribution is 0.144. The highest BCUT2D eigenvalue weighted by atomic mass is 35.5. The Hall–Kier alpha value is -1.16. The zero-order chi connectivity index (χ0) is 14.7. The number of nitrogens with zero attached hydrogens (tertiary/aromatic N) is 2. The molecule has 0 spiro atoms. The van der Waals surface area contributed by atoms with Gasteiger partial charge in [-0.25, -0.2) is 0 Å². The van der Waals surface area contributed by atoms with Gasteiger partial charge in [0.1, 0.15) is 0 Å². The first-order valence-electron chi connectivity index (χ1n) is 8.07. The van der Waals surface area contributed by atoms with Crippen molar-refractivity contribution in [3.63, 3.8) is 0 Å². The zero-order valence-corrected chi connectivity index (χ0v) is 14.3. The van der Waals surface area contributed by atoms with Crippen LogP contribution in [0.25, 0.3) is 10.9 Å². The van der Waals surface area contributed by atoms with Crippen molar-refractivity contribution in [1.82, 2.24) is 15.2 Å². The molecule has 1 aromatic carbocycles. The lowest BCUT2D eigenvalue weighted by atomic mass is 10.1. The molecule has 22 heavy (non-hydrogen) atoms. The summed E-state index contributed by atoms with van der Waals surface area (Å²) in [6.45, 7) is 8.75. The van der Waals surface area contributed by atoms with E-state index in [-0.39, 0.29) is 12.4 Å². The lowest BCUT2D eigenvalue weighted by Crippen LogP contribution is -2.50. The van der Waals surface area contributed by atoms with Crippen LogP contribution in [0.4, 0.5) is 0 Å². The van der Waals surface area contributed by atoms with E-state index in [1.807, 2.05) is 6.92 Å². The molecule has 1 N–H and O–H groups in total. The third kappa shape index (κ3) is 3.97. The summed E-state index contributed by atoms with van der Waals surface area (Å²) >= 11 is 0. The fourth-order valence-electron chi connectivity index (χ4n) is 3.24. The van der Waals surface area contributed by atoms with Crippen LogP contribution in [0, 0.1) is 6.92 Å². The second kappa shape index (κ2) is 7.91. The summed E-state index contributed by atoms with van der Waals surface area (Å²) in [5, 5.41) is 4.77. The first kappa shape index (κ1) is 17.2. The van der Waals surface area contributed by atoms with E-state index in [4.69, 9.17) is 0 Å². The first-order chi connectivity index (χ1) is 10.3. The van der Waals surface area contributed by atoms with E-state index in [1.54, 1.807) is 0 Å². The smallest absolute Gasteiger partial charge is 0.0705 e. The summed E-state index contributed by atoms with van der Waals surface area (Å²) in [7, 11) is 0. The zero-order valence-electron chi connectivity index (χ0n) is 13.5. The number of fused-ring (bicyclic) bond motifs is 1. The Kier molecular flexibility index (Phi) is 6.18. The van der Waals surface area contributed by atoms with Crippen LogP contribution in [0.3, 0.4) is 0 Å². The average Bonchev–Trinajstić information content (AvgIpc) is 2.50. The molecule has 4 heteroatoms. The predicted molar refractivity (Wildman–Crippen MR) is 95.7 cm³/mol. The van der Waals surface area contributed by atoms with Gasteiger partial charge in [-0.15, -0.1) is 12.4 Å². The van der Waals surface area contributed by atoms with Gasteiger partial charge in [0.05, 0.1) is 5.52 Å². The lowest BCUT2D eigenvalue weighted by Gasteiger charge is -2.36. The topological polar surface area (TPSA) is 28.2 Å². The fraction of sp³-hybridized carbons (Fsp3) is 0.500. The van der Waals surface area contributed by atoms with Gasteiger partial charge in [-0.3, -0.25) is 9.88 Å². The van der Waals surface area contributed by atoms with Crippen LogP contribution in [-0.4, -0.2) is 35.6 Å². The average molecular weight is 320 g/mol. The number of pyridine rings is 1. The molecule has 2 heterocycles. The summed E-state index contributed by atoms with van der Waals surface area (Å²) in [6.07, 6.45) is 2.53. The van der Waals surface area contributed by atoms with Gasteiger partial charge in [0, 0.05) is 43.3 Å². The molecule has 3 nitrogen and oxygen atoms in total. The molecule has 1 atom stereocenters. The van der Waals surface area contributed by atoms with E-state index >= 15 is 0 Å². The van der Waals surface area contributed by atoms with E-state index in [0.29, 0.717) is 6.04 Å². The van der Waals surface area contributed by atoms with Gasteiger partial charge in [-0.1, -0.05) is 25.5 Å². The van der Waals surface area contributed by atoms with Crippen LogP contribution in [0.2, 0.25) is 0 Å². The van der Waals surface area contributed by atoms with E-state index < -0.39 is 0 Å². The summed E-state index contributed by atoms with van der Waals surface area (Å²) in [6, 6.07) is 11.6. The summed E-state index contributed by atoms with van der Waals surface area (Å²) in [5.74, 6) is 0. The first-order valence-corrected chi connectivity index (χ1v) is 8.07. The Labute approximate surface area is 139 Å². The van der Waals surface area contributed by atoms with Gasteiger partial charge >= 0.3 is 0 Å². The molecule has 120 valence electrons. The molecule has 0 saturated carbocycles. The molecular formula is C18H26ClN3. The Morgan fingerprint density at radius 1 is 1.27 bits per heavy atom. The number of hydrogen-bond acceptors (Lipinski definition) is 3. The number of aryl methyl sites for hydroxylation is 1. The van der Waals surface area contributed by atoms with E-state index in [9.17, 15) is 0 Å². The van der Waals surface area contributed by atoms with Crippen molar-refractivity contribution in [2.45, 2.75) is 39.3 Å². The molecule has 0 bridgehead atoms. The van der Waals surface area contributed by atoms with Crippen molar-refractivity contribution in [3.8, 4) is 0 Å². The minimum absolute atomic E-state index is 0.